The summed E-state index contributed by atoms with van der Waals surface area (Å²) in [5, 5.41) is 0. The van der Waals surface area contributed by atoms with Crippen LogP contribution in [0.15, 0.2) is 24.3 Å². The Labute approximate surface area is 88.6 Å². The molecule has 15 heavy (non-hydrogen) atoms. The molecular weight excluding hydrogens is 190 g/mol. The molecule has 0 aromatic heterocycles. The molecule has 3 nitrogen and oxygen atoms in total. The summed E-state index contributed by atoms with van der Waals surface area (Å²) in [7, 11) is 0. The number of carbonyl (C=O) groups excluding carboxylic acids is 1. The van der Waals surface area contributed by atoms with Crippen molar-refractivity contribution < 1.29 is 9.53 Å². The Morgan fingerprint density at radius 2 is 2.20 bits per heavy atom. The maximum atomic E-state index is 11.2. The normalized spacial score (nSPS) is 25.3. The van der Waals surface area contributed by atoms with E-state index in [-0.39, 0.29) is 6.04 Å². The van der Waals surface area contributed by atoms with Gasteiger partial charge in [0.15, 0.2) is 0 Å². The van der Waals surface area contributed by atoms with Gasteiger partial charge in [0.1, 0.15) is 18.1 Å². The Morgan fingerprint density at radius 1 is 1.33 bits per heavy atom. The minimum absolute atomic E-state index is 0.285. The molecule has 0 bridgehead atoms. The zero-order valence-electron chi connectivity index (χ0n) is 8.48. The van der Waals surface area contributed by atoms with E-state index < -0.39 is 0 Å². The summed E-state index contributed by atoms with van der Waals surface area (Å²) >= 11 is 0. The van der Waals surface area contributed by atoms with Gasteiger partial charge in [-0.15, -0.1) is 0 Å². The summed E-state index contributed by atoms with van der Waals surface area (Å²) in [6.07, 6.45) is 0.693. The van der Waals surface area contributed by atoms with Crippen LogP contribution in [-0.4, -0.2) is 30.4 Å². The Morgan fingerprint density at radius 3 is 3.00 bits per heavy atom. The number of rotatable bonds is 1. The molecule has 78 valence electrons. The zero-order valence-corrected chi connectivity index (χ0v) is 8.48. The molecular formula is C12H13NO2. The van der Waals surface area contributed by atoms with E-state index >= 15 is 0 Å². The predicted octanol–water partition coefficient (Wildman–Crippen LogP) is 1.39. The van der Waals surface area contributed by atoms with Crippen molar-refractivity contribution in [2.75, 3.05) is 19.7 Å². The van der Waals surface area contributed by atoms with Gasteiger partial charge in [-0.05, 0) is 6.07 Å². The molecule has 0 radical (unpaired) electrons. The minimum Gasteiger partial charge on any atom is -0.491 e. The summed E-state index contributed by atoms with van der Waals surface area (Å²) in [5.74, 6) is 1.32. The van der Waals surface area contributed by atoms with Gasteiger partial charge >= 0.3 is 0 Å². The van der Waals surface area contributed by atoms with Crippen molar-refractivity contribution in [2.45, 2.75) is 12.5 Å². The van der Waals surface area contributed by atoms with Gasteiger partial charge in [-0.2, -0.15) is 0 Å². The zero-order chi connectivity index (χ0) is 10.3. The second kappa shape index (κ2) is 3.35. The topological polar surface area (TPSA) is 29.5 Å². The first kappa shape index (κ1) is 8.92. The van der Waals surface area contributed by atoms with Crippen molar-refractivity contribution in [1.82, 2.24) is 4.90 Å². The first-order valence-electron chi connectivity index (χ1n) is 5.32. The molecule has 0 spiro atoms. The van der Waals surface area contributed by atoms with Gasteiger partial charge in [-0.3, -0.25) is 9.69 Å². The quantitative estimate of drug-likeness (QED) is 0.691. The van der Waals surface area contributed by atoms with E-state index in [4.69, 9.17) is 4.74 Å². The molecule has 1 unspecified atom stereocenters. The third-order valence-electron chi connectivity index (χ3n) is 3.17. The summed E-state index contributed by atoms with van der Waals surface area (Å²) in [5.41, 5.74) is 1.23. The average molecular weight is 203 g/mol. The maximum absolute atomic E-state index is 11.2. The van der Waals surface area contributed by atoms with Gasteiger partial charge in [0.05, 0.1) is 12.6 Å². The minimum atomic E-state index is 0.285. The summed E-state index contributed by atoms with van der Waals surface area (Å²) < 4.78 is 5.61. The van der Waals surface area contributed by atoms with Crippen LogP contribution in [0.4, 0.5) is 0 Å². The molecule has 3 rings (SSSR count). The fourth-order valence-corrected chi connectivity index (χ4v) is 2.37. The maximum Gasteiger partial charge on any atom is 0.148 e. The molecule has 3 heteroatoms. The SMILES string of the molecule is O=C1CCN(C2COc3ccccc32)C1. The number of fused-ring (bicyclic) bond motifs is 1. The molecule has 2 heterocycles. The lowest BCUT2D eigenvalue weighted by Gasteiger charge is -2.20. The molecule has 2 aliphatic rings. The standard InChI is InChI=1S/C12H13NO2/c14-9-5-6-13(7-9)11-8-15-12-4-2-1-3-10(11)12/h1-4,11H,5-8H2. The summed E-state index contributed by atoms with van der Waals surface area (Å²) in [6, 6.07) is 8.38. The number of benzene rings is 1. The first-order valence-corrected chi connectivity index (χ1v) is 5.32. The van der Waals surface area contributed by atoms with Crippen LogP contribution in [-0.2, 0) is 4.79 Å². The Balaban J connectivity index is 1.87. The van der Waals surface area contributed by atoms with Crippen LogP contribution in [0.2, 0.25) is 0 Å². The number of carbonyl (C=O) groups is 1. The fourth-order valence-electron chi connectivity index (χ4n) is 2.37. The van der Waals surface area contributed by atoms with Gasteiger partial charge in [0.2, 0.25) is 0 Å². The third kappa shape index (κ3) is 1.43. The Kier molecular flexibility index (Phi) is 1.99. The number of nitrogens with zero attached hydrogens (tertiary/aromatic N) is 1. The van der Waals surface area contributed by atoms with Crippen LogP contribution in [0.25, 0.3) is 0 Å². The second-order valence-electron chi connectivity index (χ2n) is 4.12. The van der Waals surface area contributed by atoms with E-state index in [0.717, 1.165) is 12.3 Å². The van der Waals surface area contributed by atoms with Gasteiger partial charge in [0.25, 0.3) is 0 Å². The molecule has 2 aliphatic heterocycles. The van der Waals surface area contributed by atoms with Crippen molar-refractivity contribution in [3.63, 3.8) is 0 Å². The Hall–Kier alpha value is -1.35. The van der Waals surface area contributed by atoms with Gasteiger partial charge in [-0.25, -0.2) is 0 Å². The van der Waals surface area contributed by atoms with Gasteiger partial charge in [-0.1, -0.05) is 18.2 Å². The molecule has 1 aromatic rings. The summed E-state index contributed by atoms with van der Waals surface area (Å²) in [4.78, 5) is 13.5. The lowest BCUT2D eigenvalue weighted by molar-refractivity contribution is -0.117. The van der Waals surface area contributed by atoms with Crippen LogP contribution in [0.1, 0.15) is 18.0 Å². The lowest BCUT2D eigenvalue weighted by atomic mass is 10.1. The summed E-state index contributed by atoms with van der Waals surface area (Å²) in [6.45, 7) is 2.15. The van der Waals surface area contributed by atoms with E-state index in [9.17, 15) is 4.79 Å². The average Bonchev–Trinajstić information content (AvgIpc) is 2.83. The van der Waals surface area contributed by atoms with Crippen LogP contribution < -0.4 is 4.74 Å². The van der Waals surface area contributed by atoms with Crippen molar-refractivity contribution in [3.8, 4) is 5.75 Å². The van der Waals surface area contributed by atoms with E-state index in [2.05, 4.69) is 11.0 Å². The lowest BCUT2D eigenvalue weighted by Crippen LogP contribution is -2.27. The van der Waals surface area contributed by atoms with E-state index in [1.54, 1.807) is 0 Å². The molecule has 1 aromatic carbocycles. The number of hydrogen-bond donors (Lipinski definition) is 0. The molecule has 1 saturated heterocycles. The first-order chi connectivity index (χ1) is 7.34. The van der Waals surface area contributed by atoms with Crippen molar-refractivity contribution >= 4 is 5.78 Å². The molecule has 1 atom stereocenters. The van der Waals surface area contributed by atoms with Crippen molar-refractivity contribution in [1.29, 1.82) is 0 Å². The van der Waals surface area contributed by atoms with Gasteiger partial charge < -0.3 is 4.74 Å². The van der Waals surface area contributed by atoms with Crippen LogP contribution >= 0.6 is 0 Å². The number of para-hydroxylation sites is 1. The van der Waals surface area contributed by atoms with Crippen LogP contribution in [0.3, 0.4) is 0 Å². The molecule has 0 saturated carbocycles. The molecule has 0 amide bonds. The van der Waals surface area contributed by atoms with Gasteiger partial charge in [0, 0.05) is 18.5 Å². The molecule has 1 fully saturated rings. The van der Waals surface area contributed by atoms with E-state index in [1.807, 2.05) is 18.2 Å². The van der Waals surface area contributed by atoms with Crippen LogP contribution in [0, 0.1) is 0 Å². The highest BCUT2D eigenvalue weighted by Crippen LogP contribution is 2.36. The number of likely N-dealkylation sites (tertiary alicyclic amines) is 1. The highest BCUT2D eigenvalue weighted by molar-refractivity contribution is 5.82. The van der Waals surface area contributed by atoms with Crippen molar-refractivity contribution in [3.05, 3.63) is 29.8 Å². The van der Waals surface area contributed by atoms with E-state index in [1.165, 1.54) is 5.56 Å². The highest BCUT2D eigenvalue weighted by Gasteiger charge is 2.33. The fraction of sp³-hybridized carbons (Fsp3) is 0.417. The number of ketones is 1. The number of hydrogen-bond acceptors (Lipinski definition) is 3. The predicted molar refractivity (Wildman–Crippen MR) is 55.9 cm³/mol. The highest BCUT2D eigenvalue weighted by atomic mass is 16.5. The van der Waals surface area contributed by atoms with E-state index in [0.29, 0.717) is 25.4 Å². The molecule has 0 aliphatic carbocycles. The van der Waals surface area contributed by atoms with Crippen LogP contribution in [0.5, 0.6) is 5.75 Å². The second-order valence-corrected chi connectivity index (χ2v) is 4.12. The monoisotopic (exact) mass is 203 g/mol. The number of ether oxygens (including phenoxy) is 1. The van der Waals surface area contributed by atoms with Crippen molar-refractivity contribution in [2.24, 2.45) is 0 Å². The largest absolute Gasteiger partial charge is 0.491 e. The smallest absolute Gasteiger partial charge is 0.148 e. The number of Topliss-reactive ketones (excluding diaryl/α,β-unsaturated/α-hetero) is 1. The molecule has 0 N–H and O–H groups in total. The third-order valence-corrected chi connectivity index (χ3v) is 3.17. The Bertz CT molecular complexity index is 402.